The first-order valence-electron chi connectivity index (χ1n) is 32.8. The Kier molecular flexibility index (Phi) is 60.6. The van der Waals surface area contributed by atoms with Gasteiger partial charge in [0.2, 0.25) is 0 Å². The monoisotopic (exact) mass is 1030 g/mol. The van der Waals surface area contributed by atoms with Crippen LogP contribution in [0.2, 0.25) is 0 Å². The maximum absolute atomic E-state index is 12.9. The van der Waals surface area contributed by atoms with Crippen molar-refractivity contribution in [1.29, 1.82) is 0 Å². The molecular formula is C67H126O6. The first-order valence-corrected chi connectivity index (χ1v) is 32.8. The van der Waals surface area contributed by atoms with Gasteiger partial charge in [0.15, 0.2) is 6.10 Å². The van der Waals surface area contributed by atoms with E-state index in [0.29, 0.717) is 19.3 Å². The van der Waals surface area contributed by atoms with E-state index >= 15 is 0 Å². The van der Waals surface area contributed by atoms with Crippen LogP contribution in [-0.4, -0.2) is 37.2 Å². The highest BCUT2D eigenvalue weighted by Crippen LogP contribution is 2.18. The molecule has 0 aromatic carbocycles. The maximum atomic E-state index is 12.9. The number of rotatable bonds is 61. The second-order valence-corrected chi connectivity index (χ2v) is 22.4. The molecule has 1 atom stereocenters. The summed E-state index contributed by atoms with van der Waals surface area (Å²) in [5, 5.41) is 0. The molecule has 430 valence electrons. The Morgan fingerprint density at radius 2 is 0.452 bits per heavy atom. The molecule has 0 bridgehead atoms. The van der Waals surface area contributed by atoms with E-state index in [1.165, 1.54) is 270 Å². The Morgan fingerprint density at radius 3 is 0.685 bits per heavy atom. The summed E-state index contributed by atoms with van der Waals surface area (Å²) in [4.78, 5) is 38.3. The lowest BCUT2D eigenvalue weighted by Gasteiger charge is -2.18. The highest BCUT2D eigenvalue weighted by atomic mass is 16.6. The molecule has 0 aromatic rings. The zero-order chi connectivity index (χ0) is 52.9. The molecule has 0 radical (unpaired) electrons. The number of ether oxygens (including phenoxy) is 3. The van der Waals surface area contributed by atoms with Gasteiger partial charge in [-0.1, -0.05) is 302 Å². The molecule has 0 spiro atoms. The van der Waals surface area contributed by atoms with Crippen LogP contribution in [0.4, 0.5) is 0 Å². The summed E-state index contributed by atoms with van der Waals surface area (Å²) < 4.78 is 17.0. The van der Waals surface area contributed by atoms with Gasteiger partial charge < -0.3 is 14.2 Å². The molecule has 0 aliphatic rings. The predicted octanol–water partition coefficient (Wildman–Crippen LogP) is 22.2. The van der Waals surface area contributed by atoms with Crippen LogP contribution in [0.5, 0.6) is 0 Å². The van der Waals surface area contributed by atoms with Gasteiger partial charge in [-0.2, -0.15) is 0 Å². The maximum Gasteiger partial charge on any atom is 0.306 e. The fourth-order valence-corrected chi connectivity index (χ4v) is 9.97. The molecule has 73 heavy (non-hydrogen) atoms. The van der Waals surface area contributed by atoms with Crippen molar-refractivity contribution in [3.8, 4) is 0 Å². The highest BCUT2D eigenvalue weighted by molar-refractivity contribution is 5.71. The number of allylic oxidation sites excluding steroid dienone is 4. The summed E-state index contributed by atoms with van der Waals surface area (Å²) in [6.07, 6.45) is 74.7. The van der Waals surface area contributed by atoms with Crippen LogP contribution in [0.15, 0.2) is 24.3 Å². The number of carbonyl (C=O) groups is 3. The molecule has 0 N–H and O–H groups in total. The minimum atomic E-state index is -0.769. The number of unbranched alkanes of at least 4 members (excludes halogenated alkanes) is 46. The van der Waals surface area contributed by atoms with E-state index in [1.807, 2.05) is 0 Å². The predicted molar refractivity (Wildman–Crippen MR) is 316 cm³/mol. The lowest BCUT2D eigenvalue weighted by atomic mass is 10.0. The molecule has 6 nitrogen and oxygen atoms in total. The molecule has 0 aliphatic carbocycles. The Morgan fingerprint density at radius 1 is 0.260 bits per heavy atom. The fraction of sp³-hybridized carbons (Fsp3) is 0.896. The van der Waals surface area contributed by atoms with Crippen LogP contribution < -0.4 is 0 Å². The smallest absolute Gasteiger partial charge is 0.306 e. The average Bonchev–Trinajstić information content (AvgIpc) is 3.39. The van der Waals surface area contributed by atoms with E-state index in [-0.39, 0.29) is 31.1 Å². The van der Waals surface area contributed by atoms with Crippen LogP contribution in [0.3, 0.4) is 0 Å². The molecule has 0 aliphatic heterocycles. The molecule has 0 saturated heterocycles. The Hall–Kier alpha value is -2.11. The summed E-state index contributed by atoms with van der Waals surface area (Å²) in [5.74, 6) is -0.840. The van der Waals surface area contributed by atoms with Crippen LogP contribution in [0.25, 0.3) is 0 Å². The quantitative estimate of drug-likeness (QED) is 0.0261. The van der Waals surface area contributed by atoms with Gasteiger partial charge in [0.25, 0.3) is 0 Å². The van der Waals surface area contributed by atoms with Gasteiger partial charge in [0.1, 0.15) is 13.2 Å². The van der Waals surface area contributed by atoms with Crippen LogP contribution in [-0.2, 0) is 28.6 Å². The SMILES string of the molecule is CCCCCCCC/C=C\CCCCCCCCCCCCCC(=O)OC[C@H](COC(=O)CCCCCCCCCCCCCCC)OC(=O)CCCCCCCCCCCCC/C=C\CCCCCCCC. The number of carbonyl (C=O) groups excluding carboxylic acids is 3. The molecule has 0 unspecified atom stereocenters. The topological polar surface area (TPSA) is 78.9 Å². The van der Waals surface area contributed by atoms with Gasteiger partial charge >= 0.3 is 17.9 Å². The van der Waals surface area contributed by atoms with Crippen molar-refractivity contribution in [2.75, 3.05) is 13.2 Å². The normalized spacial score (nSPS) is 12.1. The van der Waals surface area contributed by atoms with Crippen LogP contribution in [0.1, 0.15) is 367 Å². The van der Waals surface area contributed by atoms with E-state index in [4.69, 9.17) is 14.2 Å². The Bertz CT molecular complexity index is 1180. The van der Waals surface area contributed by atoms with E-state index in [9.17, 15) is 14.4 Å². The van der Waals surface area contributed by atoms with Gasteiger partial charge in [-0.05, 0) is 70.6 Å². The van der Waals surface area contributed by atoms with E-state index in [2.05, 4.69) is 45.1 Å². The third-order valence-electron chi connectivity index (χ3n) is 14.9. The highest BCUT2D eigenvalue weighted by Gasteiger charge is 2.19. The first-order chi connectivity index (χ1) is 36.0. The van der Waals surface area contributed by atoms with Crippen LogP contribution in [0, 0.1) is 0 Å². The van der Waals surface area contributed by atoms with E-state index in [1.54, 1.807) is 0 Å². The van der Waals surface area contributed by atoms with Crippen molar-refractivity contribution in [1.82, 2.24) is 0 Å². The molecule has 0 aromatic heterocycles. The molecule has 6 heteroatoms. The first kappa shape index (κ1) is 70.9. The van der Waals surface area contributed by atoms with E-state index in [0.717, 1.165) is 57.8 Å². The average molecular weight is 1030 g/mol. The minimum absolute atomic E-state index is 0.0661. The Balaban J connectivity index is 4.27. The lowest BCUT2D eigenvalue weighted by Crippen LogP contribution is -2.30. The molecule has 0 amide bonds. The summed E-state index contributed by atoms with van der Waals surface area (Å²) in [6.45, 7) is 6.70. The zero-order valence-corrected chi connectivity index (χ0v) is 49.4. The molecule has 0 saturated carbocycles. The van der Waals surface area contributed by atoms with Crippen molar-refractivity contribution in [2.24, 2.45) is 0 Å². The molecule has 0 heterocycles. The number of esters is 3. The summed E-state index contributed by atoms with van der Waals surface area (Å²) in [6, 6.07) is 0. The summed E-state index contributed by atoms with van der Waals surface area (Å²) >= 11 is 0. The number of hydrogen-bond acceptors (Lipinski definition) is 6. The largest absolute Gasteiger partial charge is 0.462 e. The van der Waals surface area contributed by atoms with Gasteiger partial charge in [0.05, 0.1) is 0 Å². The van der Waals surface area contributed by atoms with Crippen molar-refractivity contribution in [3.05, 3.63) is 24.3 Å². The lowest BCUT2D eigenvalue weighted by molar-refractivity contribution is -0.167. The van der Waals surface area contributed by atoms with Gasteiger partial charge in [0, 0.05) is 19.3 Å². The van der Waals surface area contributed by atoms with Gasteiger partial charge in [-0.15, -0.1) is 0 Å². The second kappa shape index (κ2) is 62.4. The van der Waals surface area contributed by atoms with Crippen molar-refractivity contribution in [2.45, 2.75) is 374 Å². The Labute approximate surface area is 455 Å². The summed E-state index contributed by atoms with van der Waals surface area (Å²) in [5.41, 5.74) is 0. The van der Waals surface area contributed by atoms with Gasteiger partial charge in [-0.3, -0.25) is 14.4 Å². The minimum Gasteiger partial charge on any atom is -0.462 e. The third kappa shape index (κ3) is 60.6. The standard InChI is InChI=1S/C67H126O6/c1-4-7-10-13-16-19-22-25-27-29-31-33-35-37-39-42-45-48-51-54-57-60-66(69)72-63-64(62-71-65(68)59-56-53-50-47-44-41-24-21-18-15-12-9-6-3)73-67(70)61-58-55-52-49-46-43-40-38-36-34-32-30-28-26-23-20-17-14-11-8-5-2/h25-28,64H,4-24,29-63H2,1-3H3/b27-25-,28-26-/t64-/m0/s1. The zero-order valence-electron chi connectivity index (χ0n) is 49.4. The van der Waals surface area contributed by atoms with E-state index < -0.39 is 6.10 Å². The number of hydrogen-bond donors (Lipinski definition) is 0. The molecule has 0 rings (SSSR count). The third-order valence-corrected chi connectivity index (χ3v) is 14.9. The van der Waals surface area contributed by atoms with Gasteiger partial charge in [-0.25, -0.2) is 0 Å². The van der Waals surface area contributed by atoms with Crippen molar-refractivity contribution in [3.63, 3.8) is 0 Å². The fourth-order valence-electron chi connectivity index (χ4n) is 9.97. The van der Waals surface area contributed by atoms with Crippen molar-refractivity contribution < 1.29 is 28.6 Å². The van der Waals surface area contributed by atoms with Crippen molar-refractivity contribution >= 4 is 17.9 Å². The molecular weight excluding hydrogens is 901 g/mol. The summed E-state index contributed by atoms with van der Waals surface area (Å²) in [7, 11) is 0. The molecule has 0 fully saturated rings. The second-order valence-electron chi connectivity index (χ2n) is 22.4. The van der Waals surface area contributed by atoms with Crippen LogP contribution >= 0.6 is 0 Å².